The second-order valence-electron chi connectivity index (χ2n) is 10.2. The number of anilines is 1. The van der Waals surface area contributed by atoms with Gasteiger partial charge in [0.25, 0.3) is 0 Å². The van der Waals surface area contributed by atoms with Crippen LogP contribution in [-0.2, 0) is 32.6 Å². The Morgan fingerprint density at radius 2 is 1.60 bits per heavy atom. The third kappa shape index (κ3) is 8.39. The molecule has 0 spiro atoms. The van der Waals surface area contributed by atoms with E-state index in [0.29, 0.717) is 23.2 Å². The zero-order chi connectivity index (χ0) is 29.4. The van der Waals surface area contributed by atoms with Crippen LogP contribution in [0.3, 0.4) is 0 Å². The van der Waals surface area contributed by atoms with Gasteiger partial charge in [-0.3, -0.25) is 13.9 Å². The molecule has 0 fully saturated rings. The molecular weight excluding hydrogens is 529 g/mol. The molecule has 7 nitrogen and oxygen atoms in total. The predicted octanol–water partition coefficient (Wildman–Crippen LogP) is 4.76. The molecule has 3 rings (SSSR count). The largest absolute Gasteiger partial charge is 0.352 e. The molecule has 40 heavy (non-hydrogen) atoms. The summed E-state index contributed by atoms with van der Waals surface area (Å²) in [6, 6.07) is 19.4. The van der Waals surface area contributed by atoms with Gasteiger partial charge in [0, 0.05) is 19.0 Å². The molecule has 0 aliphatic carbocycles. The van der Waals surface area contributed by atoms with Crippen LogP contribution in [0.25, 0.3) is 0 Å². The van der Waals surface area contributed by atoms with Crippen LogP contribution in [0.1, 0.15) is 42.5 Å². The van der Waals surface area contributed by atoms with E-state index in [-0.39, 0.29) is 24.9 Å². The Labute approximate surface area is 237 Å². The van der Waals surface area contributed by atoms with Crippen LogP contribution in [0.15, 0.2) is 72.8 Å². The number of carbonyl (C=O) groups is 2. The highest BCUT2D eigenvalue weighted by Gasteiger charge is 2.33. The van der Waals surface area contributed by atoms with Gasteiger partial charge >= 0.3 is 0 Å². The van der Waals surface area contributed by atoms with Gasteiger partial charge in [0.1, 0.15) is 18.4 Å². The van der Waals surface area contributed by atoms with Crippen molar-refractivity contribution in [2.45, 2.75) is 59.2 Å². The molecule has 2 amide bonds. The Morgan fingerprint density at radius 1 is 0.950 bits per heavy atom. The van der Waals surface area contributed by atoms with Crippen LogP contribution < -0.4 is 9.62 Å². The first-order chi connectivity index (χ1) is 18.9. The third-order valence-electron chi connectivity index (χ3n) is 6.85. The number of nitrogens with one attached hydrogen (secondary N) is 1. The lowest BCUT2D eigenvalue weighted by atomic mass is 10.0. The summed E-state index contributed by atoms with van der Waals surface area (Å²) in [4.78, 5) is 29.2. The van der Waals surface area contributed by atoms with Gasteiger partial charge in [-0.25, -0.2) is 12.8 Å². The van der Waals surface area contributed by atoms with E-state index >= 15 is 0 Å². The Balaban J connectivity index is 2.08. The first-order valence-corrected chi connectivity index (χ1v) is 15.2. The number of sulfonamides is 1. The van der Waals surface area contributed by atoms with Crippen LogP contribution in [0.4, 0.5) is 10.1 Å². The van der Waals surface area contributed by atoms with Gasteiger partial charge in [-0.05, 0) is 67.6 Å². The Hall–Kier alpha value is -3.72. The fraction of sp³-hybridized carbons (Fsp3) is 0.355. The monoisotopic (exact) mass is 567 g/mol. The van der Waals surface area contributed by atoms with Crippen molar-refractivity contribution in [3.63, 3.8) is 0 Å². The number of hydrogen-bond donors (Lipinski definition) is 1. The first kappa shape index (κ1) is 30.8. The minimum atomic E-state index is -3.86. The van der Waals surface area contributed by atoms with Crippen LogP contribution in [-0.4, -0.2) is 50.0 Å². The number of carbonyl (C=O) groups excluding carboxylic acids is 2. The van der Waals surface area contributed by atoms with Crippen molar-refractivity contribution in [3.05, 3.63) is 101 Å². The number of halogens is 1. The lowest BCUT2D eigenvalue weighted by Gasteiger charge is -2.34. The summed E-state index contributed by atoms with van der Waals surface area (Å²) in [5, 5.41) is 2.99. The van der Waals surface area contributed by atoms with Gasteiger partial charge in [-0.15, -0.1) is 0 Å². The molecule has 0 aromatic heterocycles. The maximum atomic E-state index is 14.1. The molecule has 0 saturated heterocycles. The summed E-state index contributed by atoms with van der Waals surface area (Å²) in [5.41, 5.74) is 3.41. The minimum absolute atomic E-state index is 0.00502. The van der Waals surface area contributed by atoms with E-state index in [9.17, 15) is 22.4 Å². The van der Waals surface area contributed by atoms with Gasteiger partial charge in [-0.2, -0.15) is 0 Å². The highest BCUT2D eigenvalue weighted by atomic mass is 32.2. The quantitative estimate of drug-likeness (QED) is 0.342. The number of nitrogens with zero attached hydrogens (tertiary/aromatic N) is 2. The summed E-state index contributed by atoms with van der Waals surface area (Å²) < 4.78 is 40.7. The first-order valence-electron chi connectivity index (χ1n) is 13.3. The molecule has 214 valence electrons. The summed E-state index contributed by atoms with van der Waals surface area (Å²) in [6.07, 6.45) is 1.98. The molecule has 3 aromatic carbocycles. The molecule has 0 heterocycles. The number of amides is 2. The fourth-order valence-corrected chi connectivity index (χ4v) is 5.26. The number of rotatable bonds is 12. The number of aryl methyl sites for hydroxylation is 2. The molecule has 0 bridgehead atoms. The number of benzene rings is 3. The average Bonchev–Trinajstić information content (AvgIpc) is 2.91. The summed E-state index contributed by atoms with van der Waals surface area (Å²) >= 11 is 0. The third-order valence-corrected chi connectivity index (χ3v) is 7.98. The average molecular weight is 568 g/mol. The number of hydrogen-bond acceptors (Lipinski definition) is 4. The van der Waals surface area contributed by atoms with Gasteiger partial charge in [-0.1, -0.05) is 61.5 Å². The minimum Gasteiger partial charge on any atom is -0.352 e. The predicted molar refractivity (Wildman–Crippen MR) is 157 cm³/mol. The summed E-state index contributed by atoms with van der Waals surface area (Å²) in [5.74, 6) is -1.31. The van der Waals surface area contributed by atoms with E-state index in [2.05, 4.69) is 5.32 Å². The maximum Gasteiger partial charge on any atom is 0.244 e. The van der Waals surface area contributed by atoms with Crippen molar-refractivity contribution in [2.24, 2.45) is 0 Å². The fourth-order valence-electron chi connectivity index (χ4n) is 4.36. The standard InChI is InChI=1S/C31H38FN3O4S/c1-6-24(4)33-31(37)29(19-25-10-8-7-9-11-25)34(20-26-14-16-27(32)17-15-26)30(36)21-35(40(5,38)39)28-18-22(2)12-13-23(28)3/h7-18,24,29H,6,19-21H2,1-5H3,(H,33,37)/t24-,29+/m0/s1. The molecule has 0 radical (unpaired) electrons. The van der Waals surface area contributed by atoms with Gasteiger partial charge in [0.15, 0.2) is 0 Å². The van der Waals surface area contributed by atoms with E-state index in [4.69, 9.17) is 0 Å². The van der Waals surface area contributed by atoms with Crippen molar-refractivity contribution in [1.29, 1.82) is 0 Å². The Kier molecular flexibility index (Phi) is 10.5. The van der Waals surface area contributed by atoms with Gasteiger partial charge in [0.2, 0.25) is 21.8 Å². The zero-order valence-corrected chi connectivity index (χ0v) is 24.5. The van der Waals surface area contributed by atoms with E-state index < -0.39 is 34.3 Å². The molecular formula is C31H38FN3O4S. The topological polar surface area (TPSA) is 86.8 Å². The molecule has 0 saturated carbocycles. The van der Waals surface area contributed by atoms with Crippen LogP contribution in [0.5, 0.6) is 0 Å². The lowest BCUT2D eigenvalue weighted by molar-refractivity contribution is -0.140. The van der Waals surface area contributed by atoms with E-state index in [1.807, 2.05) is 57.2 Å². The maximum absolute atomic E-state index is 14.1. The van der Waals surface area contributed by atoms with Crippen molar-refractivity contribution in [3.8, 4) is 0 Å². The lowest BCUT2D eigenvalue weighted by Crippen LogP contribution is -2.54. The SMILES string of the molecule is CC[C@H](C)NC(=O)[C@@H](Cc1ccccc1)N(Cc1ccc(F)cc1)C(=O)CN(c1cc(C)ccc1C)S(C)(=O)=O. The molecule has 2 atom stereocenters. The molecule has 3 aromatic rings. The van der Waals surface area contributed by atoms with E-state index in [1.165, 1.54) is 17.0 Å². The molecule has 0 aliphatic heterocycles. The van der Waals surface area contributed by atoms with E-state index in [1.54, 1.807) is 31.2 Å². The van der Waals surface area contributed by atoms with E-state index in [0.717, 1.165) is 21.7 Å². The van der Waals surface area contributed by atoms with Crippen molar-refractivity contribution in [1.82, 2.24) is 10.2 Å². The normalized spacial score (nSPS) is 12.8. The van der Waals surface area contributed by atoms with Crippen molar-refractivity contribution in [2.75, 3.05) is 17.1 Å². The van der Waals surface area contributed by atoms with Gasteiger partial charge in [0.05, 0.1) is 11.9 Å². The zero-order valence-electron chi connectivity index (χ0n) is 23.7. The summed E-state index contributed by atoms with van der Waals surface area (Å²) in [7, 11) is -3.86. The highest BCUT2D eigenvalue weighted by molar-refractivity contribution is 7.92. The van der Waals surface area contributed by atoms with Gasteiger partial charge < -0.3 is 10.2 Å². The molecule has 0 aliphatic rings. The molecule has 9 heteroatoms. The highest BCUT2D eigenvalue weighted by Crippen LogP contribution is 2.25. The molecule has 0 unspecified atom stereocenters. The molecule has 1 N–H and O–H groups in total. The van der Waals surface area contributed by atoms with Crippen LogP contribution in [0, 0.1) is 19.7 Å². The van der Waals surface area contributed by atoms with Crippen molar-refractivity contribution < 1.29 is 22.4 Å². The summed E-state index contributed by atoms with van der Waals surface area (Å²) in [6.45, 7) is 6.97. The van der Waals surface area contributed by atoms with Crippen LogP contribution in [0.2, 0.25) is 0 Å². The van der Waals surface area contributed by atoms with Crippen LogP contribution >= 0.6 is 0 Å². The Bertz CT molecular complexity index is 1410. The second kappa shape index (κ2) is 13.6. The smallest absolute Gasteiger partial charge is 0.244 e. The second-order valence-corrected chi connectivity index (χ2v) is 12.1. The Morgan fingerprint density at radius 3 is 2.20 bits per heavy atom. The van der Waals surface area contributed by atoms with Crippen molar-refractivity contribution >= 4 is 27.5 Å².